The molecule has 0 aliphatic heterocycles. The first-order chi connectivity index (χ1) is 15.9. The third-order valence-electron chi connectivity index (χ3n) is 3.70. The van der Waals surface area contributed by atoms with Gasteiger partial charge in [0.1, 0.15) is 23.1 Å². The van der Waals surface area contributed by atoms with Crippen LogP contribution in [0.25, 0.3) is 0 Å². The van der Waals surface area contributed by atoms with Gasteiger partial charge in [0.2, 0.25) is 0 Å². The van der Waals surface area contributed by atoms with Crippen molar-refractivity contribution in [3.63, 3.8) is 0 Å². The first-order valence-electron chi connectivity index (χ1n) is 9.24. The van der Waals surface area contributed by atoms with Gasteiger partial charge in [0, 0.05) is 32.5 Å². The number of pyridine rings is 2. The van der Waals surface area contributed by atoms with E-state index >= 15 is 0 Å². The number of aromatic nitrogens is 2. The molecule has 2 aromatic heterocycles. The normalized spacial score (nSPS) is 9.15. The Morgan fingerprint density at radius 3 is 1.82 bits per heavy atom. The van der Waals surface area contributed by atoms with Crippen molar-refractivity contribution in [1.82, 2.24) is 9.97 Å². The van der Waals surface area contributed by atoms with E-state index in [0.717, 1.165) is 6.29 Å². The largest absolute Gasteiger partial charge is 0.506 e. The van der Waals surface area contributed by atoms with E-state index in [4.69, 9.17) is 9.84 Å². The SMILES string of the molecule is C.O=Cc1ccc(F)cc1Br.O=Cc1ccc(Oc2cccnc2)cc1Br.Oc1cccnc1. The van der Waals surface area contributed by atoms with E-state index in [2.05, 4.69) is 41.8 Å². The number of rotatable bonds is 4. The van der Waals surface area contributed by atoms with Gasteiger partial charge in [-0.05, 0) is 92.5 Å². The van der Waals surface area contributed by atoms with Gasteiger partial charge in [0.05, 0.1) is 12.4 Å². The third kappa shape index (κ3) is 10.0. The minimum Gasteiger partial charge on any atom is -0.506 e. The summed E-state index contributed by atoms with van der Waals surface area (Å²) in [4.78, 5) is 28.4. The first kappa shape index (κ1) is 28.6. The Labute approximate surface area is 213 Å². The Morgan fingerprint density at radius 1 is 0.794 bits per heavy atom. The molecule has 4 aromatic rings. The molecular weight excluding hydrogens is 571 g/mol. The van der Waals surface area contributed by atoms with Gasteiger partial charge >= 0.3 is 0 Å². The summed E-state index contributed by atoms with van der Waals surface area (Å²) in [7, 11) is 0. The number of nitrogens with zero attached hydrogens (tertiary/aromatic N) is 2. The van der Waals surface area contributed by atoms with Crippen molar-refractivity contribution in [2.24, 2.45) is 0 Å². The van der Waals surface area contributed by atoms with E-state index in [1.54, 1.807) is 55.0 Å². The van der Waals surface area contributed by atoms with Crippen LogP contribution in [0.5, 0.6) is 17.2 Å². The standard InChI is InChI=1S/C12H8BrNO2.C7H4BrFO.C5H5NO.CH4/c13-12-6-10(4-3-9(12)8-15)16-11-2-1-5-14-7-11;8-7-3-6(9)2-1-5(7)4-10;7-5-2-1-3-6-4-5;/h1-8H;1-4H;1-4,7H;1H4. The van der Waals surface area contributed by atoms with E-state index in [9.17, 15) is 14.0 Å². The second-order valence-electron chi connectivity index (χ2n) is 6.09. The molecule has 0 unspecified atom stereocenters. The predicted molar refractivity (Wildman–Crippen MR) is 136 cm³/mol. The second-order valence-corrected chi connectivity index (χ2v) is 7.80. The lowest BCUT2D eigenvalue weighted by atomic mass is 10.2. The van der Waals surface area contributed by atoms with E-state index in [0.29, 0.717) is 37.9 Å². The highest BCUT2D eigenvalue weighted by atomic mass is 79.9. The number of benzene rings is 2. The van der Waals surface area contributed by atoms with E-state index in [1.807, 2.05) is 6.07 Å². The van der Waals surface area contributed by atoms with Crippen LogP contribution in [0.3, 0.4) is 0 Å². The highest BCUT2D eigenvalue weighted by Gasteiger charge is 2.02. The molecule has 176 valence electrons. The van der Waals surface area contributed by atoms with Crippen molar-refractivity contribution in [2.45, 2.75) is 7.43 Å². The number of carbonyl (C=O) groups is 2. The summed E-state index contributed by atoms with van der Waals surface area (Å²) in [5, 5.41) is 8.57. The van der Waals surface area contributed by atoms with E-state index in [1.165, 1.54) is 24.4 Å². The van der Waals surface area contributed by atoms with Gasteiger partial charge < -0.3 is 9.84 Å². The van der Waals surface area contributed by atoms with Gasteiger partial charge in [0.15, 0.2) is 12.6 Å². The van der Waals surface area contributed by atoms with Crippen LogP contribution in [0.15, 0.2) is 94.4 Å². The molecule has 0 radical (unpaired) electrons. The number of aldehydes is 2. The van der Waals surface area contributed by atoms with Crippen LogP contribution < -0.4 is 4.74 Å². The molecule has 0 amide bonds. The summed E-state index contributed by atoms with van der Waals surface area (Å²) in [6.07, 6.45) is 7.76. The zero-order chi connectivity index (χ0) is 24.1. The second kappa shape index (κ2) is 15.4. The van der Waals surface area contributed by atoms with Crippen LogP contribution in [0, 0.1) is 5.82 Å². The topological polar surface area (TPSA) is 89.4 Å². The van der Waals surface area contributed by atoms with Gasteiger partial charge in [-0.15, -0.1) is 0 Å². The molecule has 0 spiro atoms. The maximum absolute atomic E-state index is 12.3. The number of carbonyl (C=O) groups excluding carboxylic acids is 2. The Hall–Kier alpha value is -3.43. The molecule has 34 heavy (non-hydrogen) atoms. The smallest absolute Gasteiger partial charge is 0.151 e. The van der Waals surface area contributed by atoms with E-state index < -0.39 is 0 Å². The maximum Gasteiger partial charge on any atom is 0.151 e. The molecule has 0 aliphatic carbocycles. The fraction of sp³-hybridized carbons (Fsp3) is 0.0400. The molecular formula is C25H21Br2FN2O4. The van der Waals surface area contributed by atoms with Gasteiger partial charge in [0.25, 0.3) is 0 Å². The highest BCUT2D eigenvalue weighted by Crippen LogP contribution is 2.25. The van der Waals surface area contributed by atoms with Crippen LogP contribution in [0.1, 0.15) is 28.1 Å². The number of ether oxygens (including phenoxy) is 1. The molecule has 2 heterocycles. The molecule has 0 fully saturated rings. The van der Waals surface area contributed by atoms with Crippen molar-refractivity contribution < 1.29 is 23.8 Å². The Bertz CT molecular complexity index is 1180. The molecule has 0 saturated carbocycles. The average Bonchev–Trinajstić information content (AvgIpc) is 2.81. The lowest BCUT2D eigenvalue weighted by molar-refractivity contribution is 0.111. The number of hydrogen-bond donors (Lipinski definition) is 1. The monoisotopic (exact) mass is 590 g/mol. The van der Waals surface area contributed by atoms with E-state index in [-0.39, 0.29) is 19.0 Å². The molecule has 6 nitrogen and oxygen atoms in total. The van der Waals surface area contributed by atoms with Crippen LogP contribution in [0.2, 0.25) is 0 Å². The summed E-state index contributed by atoms with van der Waals surface area (Å²) >= 11 is 6.33. The Balaban J connectivity index is 0.000000275. The van der Waals surface area contributed by atoms with Crippen molar-refractivity contribution in [3.8, 4) is 17.2 Å². The summed E-state index contributed by atoms with van der Waals surface area (Å²) in [6, 6.07) is 16.0. The summed E-state index contributed by atoms with van der Waals surface area (Å²) < 4.78 is 19.1. The molecule has 2 aromatic carbocycles. The van der Waals surface area contributed by atoms with Crippen molar-refractivity contribution in [3.05, 3.63) is 111 Å². The molecule has 0 aliphatic rings. The Kier molecular flexibility index (Phi) is 13.0. The van der Waals surface area contributed by atoms with Crippen LogP contribution in [-0.2, 0) is 0 Å². The lowest BCUT2D eigenvalue weighted by Gasteiger charge is -2.05. The summed E-state index contributed by atoms with van der Waals surface area (Å²) in [5.74, 6) is 1.18. The van der Waals surface area contributed by atoms with Crippen LogP contribution in [-0.4, -0.2) is 27.6 Å². The zero-order valence-electron chi connectivity index (χ0n) is 16.9. The van der Waals surface area contributed by atoms with Crippen LogP contribution in [0.4, 0.5) is 4.39 Å². The first-order valence-corrected chi connectivity index (χ1v) is 10.8. The minimum atomic E-state index is -0.350. The maximum atomic E-state index is 12.3. The molecule has 1 N–H and O–H groups in total. The number of halogens is 3. The van der Waals surface area contributed by atoms with Crippen LogP contribution >= 0.6 is 31.9 Å². The lowest BCUT2D eigenvalue weighted by Crippen LogP contribution is -1.87. The minimum absolute atomic E-state index is 0. The highest BCUT2D eigenvalue weighted by molar-refractivity contribution is 9.10. The summed E-state index contributed by atoms with van der Waals surface area (Å²) in [6.45, 7) is 0. The number of hydrogen-bond acceptors (Lipinski definition) is 6. The zero-order valence-corrected chi connectivity index (χ0v) is 20.1. The van der Waals surface area contributed by atoms with Crippen molar-refractivity contribution >= 4 is 44.4 Å². The van der Waals surface area contributed by atoms with Gasteiger partial charge in [-0.3, -0.25) is 19.6 Å². The fourth-order valence-corrected chi connectivity index (χ4v) is 3.06. The summed E-state index contributed by atoms with van der Waals surface area (Å²) in [5.41, 5.74) is 1.06. The number of aromatic hydroxyl groups is 1. The quantitative estimate of drug-likeness (QED) is 0.251. The molecule has 0 saturated heterocycles. The van der Waals surface area contributed by atoms with Gasteiger partial charge in [-0.1, -0.05) is 7.43 Å². The molecule has 4 rings (SSSR count). The predicted octanol–water partition coefficient (Wildman–Crippen LogP) is 7.27. The fourth-order valence-electron chi connectivity index (χ4n) is 2.16. The van der Waals surface area contributed by atoms with Crippen molar-refractivity contribution in [1.29, 1.82) is 0 Å². The molecule has 0 bridgehead atoms. The third-order valence-corrected chi connectivity index (χ3v) is 5.08. The Morgan fingerprint density at radius 2 is 1.38 bits per heavy atom. The van der Waals surface area contributed by atoms with Gasteiger partial charge in [-0.2, -0.15) is 0 Å². The average molecular weight is 592 g/mol. The van der Waals surface area contributed by atoms with Gasteiger partial charge in [-0.25, -0.2) is 4.39 Å². The van der Waals surface area contributed by atoms with Crippen molar-refractivity contribution in [2.75, 3.05) is 0 Å². The molecule has 9 heteroatoms. The molecule has 0 atom stereocenters.